The lowest BCUT2D eigenvalue weighted by atomic mass is 10.1. The summed E-state index contributed by atoms with van der Waals surface area (Å²) in [7, 11) is -4.60. The summed E-state index contributed by atoms with van der Waals surface area (Å²) in [6.45, 7) is 3.88. The van der Waals surface area contributed by atoms with Gasteiger partial charge in [0.2, 0.25) is 0 Å². The number of hydrogen-bond donors (Lipinski definition) is 3. The van der Waals surface area contributed by atoms with Crippen LogP contribution in [0.2, 0.25) is 0 Å². The number of carboxylic acids is 1. The van der Waals surface area contributed by atoms with Crippen molar-refractivity contribution in [2.75, 3.05) is 26.4 Å². The zero-order chi connectivity index (χ0) is 38.4. The Morgan fingerprint density at radius 1 is 0.596 bits per heavy atom. The van der Waals surface area contributed by atoms with Gasteiger partial charge in [-0.3, -0.25) is 18.6 Å². The third kappa shape index (κ3) is 37.0. The van der Waals surface area contributed by atoms with Gasteiger partial charge >= 0.3 is 19.8 Å². The average Bonchev–Trinajstić information content (AvgIpc) is 3.12. The molecule has 0 aliphatic heterocycles. The Balaban J connectivity index is 4.12. The van der Waals surface area contributed by atoms with Crippen molar-refractivity contribution in [3.63, 3.8) is 0 Å². The smallest absolute Gasteiger partial charge is 0.472 e. The van der Waals surface area contributed by atoms with Crippen LogP contribution in [0, 0.1) is 0 Å². The highest BCUT2D eigenvalue weighted by Crippen LogP contribution is 2.43. The molecule has 0 heterocycles. The molecule has 10 nitrogen and oxygen atoms in total. The number of unbranched alkanes of at least 4 members (excludes halogenated alkanes) is 25. The van der Waals surface area contributed by atoms with Gasteiger partial charge in [0.15, 0.2) is 0 Å². The van der Waals surface area contributed by atoms with E-state index in [0.29, 0.717) is 13.0 Å². The number of allylic oxidation sites excluding steroid dienone is 2. The van der Waals surface area contributed by atoms with Gasteiger partial charge in [0.1, 0.15) is 12.1 Å². The Hall–Kier alpha value is -1.29. The van der Waals surface area contributed by atoms with E-state index in [4.69, 9.17) is 29.4 Å². The Morgan fingerprint density at radius 3 is 1.46 bits per heavy atom. The maximum atomic E-state index is 12.6. The molecular weight excluding hydrogens is 681 g/mol. The third-order valence-electron chi connectivity index (χ3n) is 9.29. The first kappa shape index (κ1) is 50.7. The summed E-state index contributed by atoms with van der Waals surface area (Å²) in [5.74, 6) is -1.77. The normalized spacial score (nSPS) is 14.1. The quantitative estimate of drug-likeness (QED) is 0.0237. The maximum absolute atomic E-state index is 12.6. The number of phosphoric ester groups is 1. The SMILES string of the molecule is CCCCCCCCCC/C=C\CCCCCCCCCCCC(=O)OC(COCCCCCCCCCCC)COP(=O)(O)OCC(N)C(=O)O. The highest BCUT2D eigenvalue weighted by molar-refractivity contribution is 7.47. The first-order chi connectivity index (χ1) is 25.2. The molecule has 0 aromatic heterocycles. The minimum atomic E-state index is -4.60. The molecule has 52 heavy (non-hydrogen) atoms. The van der Waals surface area contributed by atoms with E-state index in [1.807, 2.05) is 0 Å². The zero-order valence-electron chi connectivity index (χ0n) is 33.4. The number of carboxylic acid groups (broad SMARTS) is 1. The molecule has 4 N–H and O–H groups in total. The minimum Gasteiger partial charge on any atom is -0.480 e. The van der Waals surface area contributed by atoms with Crippen molar-refractivity contribution in [2.45, 2.75) is 212 Å². The average molecular weight is 762 g/mol. The van der Waals surface area contributed by atoms with Crippen molar-refractivity contribution in [2.24, 2.45) is 5.73 Å². The number of rotatable bonds is 41. The molecule has 0 spiro atoms. The van der Waals surface area contributed by atoms with E-state index in [0.717, 1.165) is 38.5 Å². The number of nitrogens with two attached hydrogens (primary N) is 1. The van der Waals surface area contributed by atoms with Crippen LogP contribution in [0.15, 0.2) is 12.2 Å². The van der Waals surface area contributed by atoms with Crippen LogP contribution in [0.5, 0.6) is 0 Å². The molecule has 11 heteroatoms. The molecule has 0 aromatic carbocycles. The van der Waals surface area contributed by atoms with Crippen LogP contribution in [0.1, 0.15) is 200 Å². The van der Waals surface area contributed by atoms with Gasteiger partial charge < -0.3 is 25.2 Å². The van der Waals surface area contributed by atoms with Crippen molar-refractivity contribution < 1.29 is 42.7 Å². The van der Waals surface area contributed by atoms with E-state index < -0.39 is 45.1 Å². The predicted octanol–water partition coefficient (Wildman–Crippen LogP) is 11.4. The molecule has 0 radical (unpaired) electrons. The van der Waals surface area contributed by atoms with E-state index in [2.05, 4.69) is 26.0 Å². The van der Waals surface area contributed by atoms with Crippen molar-refractivity contribution in [3.8, 4) is 0 Å². The van der Waals surface area contributed by atoms with E-state index in [1.165, 1.54) is 135 Å². The number of hydrogen-bond acceptors (Lipinski definition) is 8. The number of phosphoric acid groups is 1. The highest BCUT2D eigenvalue weighted by atomic mass is 31.2. The van der Waals surface area contributed by atoms with Crippen molar-refractivity contribution in [1.29, 1.82) is 0 Å². The number of aliphatic carboxylic acids is 1. The summed E-state index contributed by atoms with van der Waals surface area (Å²) in [6, 6.07) is -1.47. The fourth-order valence-corrected chi connectivity index (χ4v) is 6.73. The van der Waals surface area contributed by atoms with Crippen LogP contribution < -0.4 is 5.73 Å². The molecule has 0 saturated carbocycles. The number of carbonyl (C=O) groups excluding carboxylic acids is 1. The fourth-order valence-electron chi connectivity index (χ4n) is 5.95. The third-order valence-corrected chi connectivity index (χ3v) is 10.2. The number of carbonyl (C=O) groups is 2. The standard InChI is InChI=1S/C41H80NO9P/c1-3-5-7-9-11-13-14-15-16-17-18-19-20-21-22-23-24-25-27-29-31-33-40(43)51-38(36-49-52(46,47)50-37-39(42)41(44)45)35-48-34-32-30-28-26-12-10-8-6-4-2/h17-18,38-39H,3-16,19-37,42H2,1-2H3,(H,44,45)(H,46,47)/b18-17-. The Morgan fingerprint density at radius 2 is 1.00 bits per heavy atom. The van der Waals surface area contributed by atoms with Crippen LogP contribution in [0.3, 0.4) is 0 Å². The topological polar surface area (TPSA) is 155 Å². The Labute approximate surface area is 318 Å². The van der Waals surface area contributed by atoms with Gasteiger partial charge in [0, 0.05) is 13.0 Å². The van der Waals surface area contributed by atoms with Crippen LogP contribution >= 0.6 is 7.82 Å². The van der Waals surface area contributed by atoms with E-state index in [-0.39, 0.29) is 13.0 Å². The van der Waals surface area contributed by atoms with Gasteiger partial charge in [0.05, 0.1) is 19.8 Å². The molecule has 0 aliphatic rings. The molecule has 3 atom stereocenters. The van der Waals surface area contributed by atoms with Gasteiger partial charge in [-0.1, -0.05) is 167 Å². The molecule has 0 aliphatic carbocycles. The van der Waals surface area contributed by atoms with Gasteiger partial charge in [-0.05, 0) is 38.5 Å². The van der Waals surface area contributed by atoms with Crippen molar-refractivity contribution >= 4 is 19.8 Å². The van der Waals surface area contributed by atoms with Gasteiger partial charge in [-0.15, -0.1) is 0 Å². The van der Waals surface area contributed by atoms with Crippen LogP contribution in [0.4, 0.5) is 0 Å². The second-order valence-electron chi connectivity index (χ2n) is 14.5. The van der Waals surface area contributed by atoms with Gasteiger partial charge in [0.25, 0.3) is 0 Å². The van der Waals surface area contributed by atoms with E-state index >= 15 is 0 Å². The summed E-state index contributed by atoms with van der Waals surface area (Å²) in [5, 5.41) is 8.87. The van der Waals surface area contributed by atoms with Crippen LogP contribution in [-0.4, -0.2) is 60.5 Å². The molecule has 308 valence electrons. The first-order valence-corrected chi connectivity index (χ1v) is 22.7. The monoisotopic (exact) mass is 762 g/mol. The lowest BCUT2D eigenvalue weighted by Gasteiger charge is -2.20. The lowest BCUT2D eigenvalue weighted by molar-refractivity contribution is -0.154. The molecule has 0 fully saturated rings. The summed E-state index contributed by atoms with van der Waals surface area (Å²) >= 11 is 0. The van der Waals surface area contributed by atoms with Gasteiger partial charge in [-0.25, -0.2) is 4.57 Å². The van der Waals surface area contributed by atoms with Crippen molar-refractivity contribution in [3.05, 3.63) is 12.2 Å². The lowest BCUT2D eigenvalue weighted by Crippen LogP contribution is -2.34. The number of esters is 1. The summed E-state index contributed by atoms with van der Waals surface area (Å²) in [4.78, 5) is 33.4. The summed E-state index contributed by atoms with van der Waals surface area (Å²) in [6.07, 6.45) is 38.4. The van der Waals surface area contributed by atoms with E-state index in [1.54, 1.807) is 0 Å². The van der Waals surface area contributed by atoms with Crippen LogP contribution in [-0.2, 0) is 32.7 Å². The minimum absolute atomic E-state index is 0.0208. The molecule has 3 unspecified atom stereocenters. The summed E-state index contributed by atoms with van der Waals surface area (Å²) < 4.78 is 33.2. The molecule has 0 saturated heterocycles. The van der Waals surface area contributed by atoms with Crippen LogP contribution in [0.25, 0.3) is 0 Å². The predicted molar refractivity (Wildman–Crippen MR) is 212 cm³/mol. The molecule has 0 amide bonds. The Bertz CT molecular complexity index is 888. The first-order valence-electron chi connectivity index (χ1n) is 21.2. The Kier molecular flexibility index (Phi) is 37.1. The molecule has 0 bridgehead atoms. The van der Waals surface area contributed by atoms with Gasteiger partial charge in [-0.2, -0.15) is 0 Å². The largest absolute Gasteiger partial charge is 0.480 e. The fraction of sp³-hybridized carbons (Fsp3) is 0.902. The zero-order valence-corrected chi connectivity index (χ0v) is 34.3. The molecule has 0 rings (SSSR count). The second-order valence-corrected chi connectivity index (χ2v) is 15.9. The maximum Gasteiger partial charge on any atom is 0.472 e. The number of ether oxygens (including phenoxy) is 2. The van der Waals surface area contributed by atoms with Crippen molar-refractivity contribution in [1.82, 2.24) is 0 Å². The molecule has 0 aromatic rings. The molecular formula is C41H80NO9P. The second kappa shape index (κ2) is 38.0. The van der Waals surface area contributed by atoms with E-state index in [9.17, 15) is 19.0 Å². The highest BCUT2D eigenvalue weighted by Gasteiger charge is 2.27. The summed E-state index contributed by atoms with van der Waals surface area (Å²) in [5.41, 5.74) is 5.34.